The minimum absolute atomic E-state index is 0.183. The molecule has 0 aromatic heterocycles. The summed E-state index contributed by atoms with van der Waals surface area (Å²) in [6, 6.07) is 21.5. The van der Waals surface area contributed by atoms with Crippen molar-refractivity contribution in [1.29, 1.82) is 0 Å². The van der Waals surface area contributed by atoms with E-state index in [1.165, 1.54) is 6.08 Å². The summed E-state index contributed by atoms with van der Waals surface area (Å²) < 4.78 is 17.3. The second kappa shape index (κ2) is 10.4. The minimum atomic E-state index is -0.846. The highest BCUT2D eigenvalue weighted by molar-refractivity contribution is 6.31. The third-order valence-electron chi connectivity index (χ3n) is 5.02. The Balaban J connectivity index is 1.47. The van der Waals surface area contributed by atoms with Crippen LogP contribution >= 0.6 is 0 Å². The van der Waals surface area contributed by atoms with Gasteiger partial charge in [0.15, 0.2) is 11.5 Å². The molecule has 0 bridgehead atoms. The molecular weight excluding hydrogens is 436 g/mol. The zero-order valence-corrected chi connectivity index (χ0v) is 18.4. The van der Waals surface area contributed by atoms with Crippen molar-refractivity contribution in [3.8, 4) is 17.2 Å². The smallest absolute Gasteiger partial charge is 0.328 e. The summed E-state index contributed by atoms with van der Waals surface area (Å²) in [4.78, 5) is 35.3. The number of methoxy groups -OCH3 is 1. The predicted molar refractivity (Wildman–Crippen MR) is 124 cm³/mol. The maximum Gasteiger partial charge on any atom is 0.328 e. The van der Waals surface area contributed by atoms with Gasteiger partial charge in [0.25, 0.3) is 11.8 Å². The molecule has 0 aliphatic carbocycles. The Morgan fingerprint density at radius 2 is 1.35 bits per heavy atom. The Hall–Kier alpha value is -4.59. The number of carbonyl (C=O) groups is 3. The predicted octanol–water partition coefficient (Wildman–Crippen LogP) is 3.60. The average molecular weight is 458 g/mol. The molecule has 1 fully saturated rings. The van der Waals surface area contributed by atoms with Crippen molar-refractivity contribution < 1.29 is 28.6 Å². The summed E-state index contributed by atoms with van der Waals surface area (Å²) in [6.45, 7) is 0.633. The van der Waals surface area contributed by atoms with Crippen molar-refractivity contribution in [1.82, 2.24) is 10.6 Å². The van der Waals surface area contributed by atoms with E-state index in [1.54, 1.807) is 31.4 Å². The number of amides is 4. The van der Waals surface area contributed by atoms with Crippen molar-refractivity contribution in [3.63, 3.8) is 0 Å². The molecule has 8 nitrogen and oxygen atoms in total. The van der Waals surface area contributed by atoms with Crippen molar-refractivity contribution in [3.05, 3.63) is 95.1 Å². The van der Waals surface area contributed by atoms with Gasteiger partial charge in [0.1, 0.15) is 24.5 Å². The van der Waals surface area contributed by atoms with Crippen molar-refractivity contribution in [2.45, 2.75) is 13.2 Å². The fourth-order valence-corrected chi connectivity index (χ4v) is 3.31. The van der Waals surface area contributed by atoms with E-state index in [4.69, 9.17) is 14.2 Å². The Labute approximate surface area is 196 Å². The monoisotopic (exact) mass is 458 g/mol. The number of rotatable bonds is 8. The van der Waals surface area contributed by atoms with E-state index < -0.39 is 17.8 Å². The van der Waals surface area contributed by atoms with Crippen LogP contribution in [-0.4, -0.2) is 25.0 Å². The van der Waals surface area contributed by atoms with Gasteiger partial charge in [0.2, 0.25) is 0 Å². The van der Waals surface area contributed by atoms with Gasteiger partial charge >= 0.3 is 6.03 Å². The van der Waals surface area contributed by atoms with Crippen molar-refractivity contribution in [2.75, 3.05) is 7.11 Å². The molecule has 0 spiro atoms. The lowest BCUT2D eigenvalue weighted by molar-refractivity contribution is -0.123. The maximum atomic E-state index is 12.0. The molecule has 1 aliphatic heterocycles. The van der Waals surface area contributed by atoms with Gasteiger partial charge < -0.3 is 14.2 Å². The highest BCUT2D eigenvalue weighted by Gasteiger charge is 2.28. The number of imide groups is 2. The third kappa shape index (κ3) is 5.42. The van der Waals surface area contributed by atoms with Crippen LogP contribution in [0, 0.1) is 0 Å². The summed E-state index contributed by atoms with van der Waals surface area (Å²) in [6.07, 6.45) is 1.38. The van der Waals surface area contributed by atoms with E-state index in [0.29, 0.717) is 29.4 Å². The zero-order chi connectivity index (χ0) is 23.9. The first-order valence-corrected chi connectivity index (χ1v) is 10.5. The Kier molecular flexibility index (Phi) is 6.88. The van der Waals surface area contributed by atoms with Gasteiger partial charge in [-0.3, -0.25) is 20.2 Å². The maximum absolute atomic E-state index is 12.0. The molecule has 1 saturated heterocycles. The molecule has 0 unspecified atom stereocenters. The number of benzene rings is 3. The number of urea groups is 1. The fourth-order valence-electron chi connectivity index (χ4n) is 3.31. The van der Waals surface area contributed by atoms with Gasteiger partial charge in [-0.1, -0.05) is 54.6 Å². The van der Waals surface area contributed by atoms with Crippen LogP contribution in [0.3, 0.4) is 0 Å². The quantitative estimate of drug-likeness (QED) is 0.395. The number of nitrogens with one attached hydrogen (secondary N) is 2. The lowest BCUT2D eigenvalue weighted by atomic mass is 10.1. The topological polar surface area (TPSA) is 103 Å². The van der Waals surface area contributed by atoms with Crippen LogP contribution in [0.2, 0.25) is 0 Å². The second-order valence-corrected chi connectivity index (χ2v) is 7.38. The van der Waals surface area contributed by atoms with Crippen LogP contribution in [0.15, 0.2) is 78.4 Å². The first kappa shape index (κ1) is 22.6. The largest absolute Gasteiger partial charge is 0.493 e. The van der Waals surface area contributed by atoms with E-state index in [0.717, 1.165) is 11.1 Å². The van der Waals surface area contributed by atoms with E-state index in [9.17, 15) is 14.4 Å². The van der Waals surface area contributed by atoms with Gasteiger partial charge in [-0.2, -0.15) is 0 Å². The van der Waals surface area contributed by atoms with Gasteiger partial charge in [0, 0.05) is 5.56 Å². The molecule has 172 valence electrons. The standard InChI is InChI=1S/C26H22N2O6/c1-32-23-13-18(11-12-22(23)34-15-17-7-3-2-4-8-17)16-33-21-10-6-5-9-19(21)14-20-24(29)27-26(31)28-25(20)30/h2-14H,15-16H2,1H3,(H2,27,28,29,30,31). The molecular formula is C26H22N2O6. The molecule has 0 radical (unpaired) electrons. The fraction of sp³-hybridized carbons (Fsp3) is 0.115. The number of carbonyl (C=O) groups excluding carboxylic acids is 3. The van der Waals surface area contributed by atoms with Gasteiger partial charge in [-0.05, 0) is 35.4 Å². The normalized spacial score (nSPS) is 13.1. The SMILES string of the molecule is COc1cc(COc2ccccc2C=C2C(=O)NC(=O)NC2=O)ccc1OCc1ccccc1. The molecule has 8 heteroatoms. The van der Waals surface area contributed by atoms with E-state index in [1.807, 2.05) is 48.5 Å². The van der Waals surface area contributed by atoms with E-state index in [2.05, 4.69) is 10.6 Å². The lowest BCUT2D eigenvalue weighted by Crippen LogP contribution is -2.51. The number of barbiturate groups is 1. The summed E-state index contributed by atoms with van der Waals surface area (Å²) in [5.41, 5.74) is 2.22. The summed E-state index contributed by atoms with van der Waals surface area (Å²) in [5.74, 6) is 0.131. The number of hydrogen-bond acceptors (Lipinski definition) is 6. The second-order valence-electron chi connectivity index (χ2n) is 7.38. The van der Waals surface area contributed by atoms with Crippen molar-refractivity contribution in [2.24, 2.45) is 0 Å². The molecule has 3 aromatic rings. The molecule has 4 rings (SSSR count). The lowest BCUT2D eigenvalue weighted by Gasteiger charge is -2.15. The van der Waals surface area contributed by atoms with Crippen LogP contribution in [0.4, 0.5) is 4.79 Å². The van der Waals surface area contributed by atoms with Gasteiger partial charge in [-0.25, -0.2) is 4.79 Å². The Bertz CT molecular complexity index is 1230. The first-order valence-electron chi connectivity index (χ1n) is 10.5. The Morgan fingerprint density at radius 3 is 2.09 bits per heavy atom. The van der Waals surface area contributed by atoms with E-state index >= 15 is 0 Å². The molecule has 1 heterocycles. The van der Waals surface area contributed by atoms with Crippen LogP contribution in [0.1, 0.15) is 16.7 Å². The molecule has 2 N–H and O–H groups in total. The van der Waals surface area contributed by atoms with Crippen molar-refractivity contribution >= 4 is 23.9 Å². The van der Waals surface area contributed by atoms with Gasteiger partial charge in [0.05, 0.1) is 7.11 Å². The minimum Gasteiger partial charge on any atom is -0.493 e. The molecule has 3 aromatic carbocycles. The molecule has 4 amide bonds. The first-order chi connectivity index (χ1) is 16.5. The van der Waals surface area contributed by atoms with Crippen LogP contribution in [-0.2, 0) is 22.8 Å². The number of para-hydroxylation sites is 1. The van der Waals surface area contributed by atoms with E-state index in [-0.39, 0.29) is 12.2 Å². The third-order valence-corrected chi connectivity index (χ3v) is 5.02. The highest BCUT2D eigenvalue weighted by atomic mass is 16.5. The summed E-state index contributed by atoms with van der Waals surface area (Å²) in [7, 11) is 1.57. The van der Waals surface area contributed by atoms with Gasteiger partial charge in [-0.15, -0.1) is 0 Å². The molecule has 0 saturated carbocycles. The van der Waals surface area contributed by atoms with Crippen LogP contribution in [0.25, 0.3) is 6.08 Å². The molecule has 1 aliphatic rings. The van der Waals surface area contributed by atoms with Crippen LogP contribution in [0.5, 0.6) is 17.2 Å². The molecule has 0 atom stereocenters. The molecule has 34 heavy (non-hydrogen) atoms. The number of hydrogen-bond donors (Lipinski definition) is 2. The highest BCUT2D eigenvalue weighted by Crippen LogP contribution is 2.30. The summed E-state index contributed by atoms with van der Waals surface area (Å²) >= 11 is 0. The summed E-state index contributed by atoms with van der Waals surface area (Å²) in [5, 5.41) is 4.10. The Morgan fingerprint density at radius 1 is 0.706 bits per heavy atom. The van der Waals surface area contributed by atoms with Crippen LogP contribution < -0.4 is 24.8 Å². The zero-order valence-electron chi connectivity index (χ0n) is 18.4. The number of ether oxygens (including phenoxy) is 3. The average Bonchev–Trinajstić information content (AvgIpc) is 2.85.